The van der Waals surface area contributed by atoms with Crippen molar-refractivity contribution in [3.8, 4) is 11.3 Å². The minimum absolute atomic E-state index is 0.194. The number of amides is 1. The molecule has 0 radical (unpaired) electrons. The van der Waals surface area contributed by atoms with Gasteiger partial charge in [0.25, 0.3) is 5.91 Å². The summed E-state index contributed by atoms with van der Waals surface area (Å²) in [6, 6.07) is 7.10. The number of rotatable bonds is 7. The molecule has 118 valence electrons. The molecule has 2 aromatic rings. The van der Waals surface area contributed by atoms with E-state index >= 15 is 0 Å². The van der Waals surface area contributed by atoms with E-state index in [0.29, 0.717) is 41.8 Å². The third kappa shape index (κ3) is 4.08. The van der Waals surface area contributed by atoms with Crippen LogP contribution in [0, 0.1) is 6.92 Å². The molecule has 0 spiro atoms. The van der Waals surface area contributed by atoms with Crippen molar-refractivity contribution < 1.29 is 14.1 Å². The lowest BCUT2D eigenvalue weighted by Crippen LogP contribution is -2.26. The third-order valence-electron chi connectivity index (χ3n) is 3.15. The number of carbonyl (C=O) groups excluding carboxylic acids is 1. The van der Waals surface area contributed by atoms with Crippen molar-refractivity contribution in [1.82, 2.24) is 10.5 Å². The molecule has 0 atom stereocenters. The zero-order valence-electron chi connectivity index (χ0n) is 12.7. The first kappa shape index (κ1) is 16.5. The molecule has 0 fully saturated rings. The van der Waals surface area contributed by atoms with Crippen LogP contribution in [0.15, 0.2) is 28.8 Å². The van der Waals surface area contributed by atoms with Crippen LogP contribution in [0.25, 0.3) is 11.3 Å². The highest BCUT2D eigenvalue weighted by molar-refractivity contribution is 6.30. The molecule has 1 amide bonds. The second-order valence-corrected chi connectivity index (χ2v) is 5.22. The Labute approximate surface area is 134 Å². The summed E-state index contributed by atoms with van der Waals surface area (Å²) in [5.41, 5.74) is 1.79. The molecule has 1 heterocycles. The maximum Gasteiger partial charge on any atom is 0.257 e. The molecular weight excluding hydrogens is 304 g/mol. The fraction of sp³-hybridized carbons (Fsp3) is 0.375. The van der Waals surface area contributed by atoms with Gasteiger partial charge in [-0.2, -0.15) is 0 Å². The summed E-state index contributed by atoms with van der Waals surface area (Å²) < 4.78 is 10.5. The summed E-state index contributed by atoms with van der Waals surface area (Å²) in [6.45, 7) is 5.54. The molecule has 0 aliphatic heterocycles. The molecule has 22 heavy (non-hydrogen) atoms. The van der Waals surface area contributed by atoms with Crippen LogP contribution in [0.3, 0.4) is 0 Å². The molecule has 0 aliphatic carbocycles. The summed E-state index contributed by atoms with van der Waals surface area (Å²) >= 11 is 5.88. The van der Waals surface area contributed by atoms with E-state index in [1.807, 2.05) is 6.92 Å². The lowest BCUT2D eigenvalue weighted by Gasteiger charge is -2.06. The predicted octanol–water partition coefficient (Wildman–Crippen LogP) is 3.46. The van der Waals surface area contributed by atoms with E-state index in [0.717, 1.165) is 12.0 Å². The first-order chi connectivity index (χ1) is 10.6. The molecule has 6 heteroatoms. The highest BCUT2D eigenvalue weighted by Gasteiger charge is 2.21. The van der Waals surface area contributed by atoms with Gasteiger partial charge in [0, 0.05) is 30.3 Å². The van der Waals surface area contributed by atoms with Crippen molar-refractivity contribution >= 4 is 17.5 Å². The first-order valence-electron chi connectivity index (χ1n) is 7.21. The maximum atomic E-state index is 12.3. The van der Waals surface area contributed by atoms with Crippen LogP contribution < -0.4 is 5.32 Å². The van der Waals surface area contributed by atoms with E-state index in [4.69, 9.17) is 20.9 Å². The number of aryl methyl sites for hydroxylation is 1. The number of nitrogens with zero attached hydrogens (tertiary/aromatic N) is 1. The Kier molecular flexibility index (Phi) is 5.98. The van der Waals surface area contributed by atoms with E-state index in [1.54, 1.807) is 31.2 Å². The van der Waals surface area contributed by atoms with Gasteiger partial charge in [0.05, 0.1) is 5.69 Å². The summed E-state index contributed by atoms with van der Waals surface area (Å²) in [5, 5.41) is 7.39. The highest BCUT2D eigenvalue weighted by Crippen LogP contribution is 2.27. The molecule has 0 bridgehead atoms. The summed E-state index contributed by atoms with van der Waals surface area (Å²) in [6.07, 6.45) is 0.764. The molecule has 1 N–H and O–H groups in total. The van der Waals surface area contributed by atoms with Crippen LogP contribution in [-0.4, -0.2) is 30.8 Å². The molecular formula is C16H19ClN2O3. The molecule has 2 rings (SSSR count). The van der Waals surface area contributed by atoms with Crippen molar-refractivity contribution in [2.24, 2.45) is 0 Å². The van der Waals surface area contributed by atoms with E-state index in [9.17, 15) is 4.79 Å². The van der Waals surface area contributed by atoms with Crippen molar-refractivity contribution in [1.29, 1.82) is 0 Å². The van der Waals surface area contributed by atoms with Crippen molar-refractivity contribution in [2.75, 3.05) is 19.8 Å². The Hall–Kier alpha value is -1.85. The van der Waals surface area contributed by atoms with E-state index in [-0.39, 0.29) is 5.91 Å². The maximum absolute atomic E-state index is 12.3. The summed E-state index contributed by atoms with van der Waals surface area (Å²) in [5.74, 6) is 0.261. The number of carbonyl (C=O) groups is 1. The summed E-state index contributed by atoms with van der Waals surface area (Å²) in [7, 11) is 0. The third-order valence-corrected chi connectivity index (χ3v) is 3.40. The van der Waals surface area contributed by atoms with Gasteiger partial charge in [-0.25, -0.2) is 0 Å². The fourth-order valence-corrected chi connectivity index (χ4v) is 2.17. The van der Waals surface area contributed by atoms with Crippen LogP contribution in [0.5, 0.6) is 0 Å². The van der Waals surface area contributed by atoms with Gasteiger partial charge in [-0.3, -0.25) is 4.79 Å². The van der Waals surface area contributed by atoms with Crippen molar-refractivity contribution in [3.05, 3.63) is 40.5 Å². The zero-order valence-corrected chi connectivity index (χ0v) is 13.4. The van der Waals surface area contributed by atoms with Crippen LogP contribution in [0.4, 0.5) is 0 Å². The fourth-order valence-electron chi connectivity index (χ4n) is 2.04. The van der Waals surface area contributed by atoms with Crippen molar-refractivity contribution in [2.45, 2.75) is 20.3 Å². The molecule has 1 aromatic carbocycles. The van der Waals surface area contributed by atoms with Gasteiger partial charge in [0.2, 0.25) is 0 Å². The predicted molar refractivity (Wildman–Crippen MR) is 85.1 cm³/mol. The van der Waals surface area contributed by atoms with Gasteiger partial charge in [-0.15, -0.1) is 0 Å². The Morgan fingerprint density at radius 3 is 2.77 bits per heavy atom. The topological polar surface area (TPSA) is 64.4 Å². The van der Waals surface area contributed by atoms with Gasteiger partial charge < -0.3 is 14.6 Å². The Morgan fingerprint density at radius 2 is 2.09 bits per heavy atom. The normalized spacial score (nSPS) is 10.7. The Balaban J connectivity index is 2.08. The van der Waals surface area contributed by atoms with Gasteiger partial charge in [0.15, 0.2) is 5.76 Å². The monoisotopic (exact) mass is 322 g/mol. The van der Waals surface area contributed by atoms with Crippen molar-refractivity contribution in [3.63, 3.8) is 0 Å². The number of halogens is 1. The van der Waals surface area contributed by atoms with E-state index in [1.165, 1.54) is 0 Å². The minimum atomic E-state index is -0.194. The Morgan fingerprint density at radius 1 is 1.36 bits per heavy atom. The largest absolute Gasteiger partial charge is 0.382 e. The number of hydrogen-bond donors (Lipinski definition) is 1. The molecule has 0 unspecified atom stereocenters. The quantitative estimate of drug-likeness (QED) is 0.793. The molecule has 5 nitrogen and oxygen atoms in total. The zero-order chi connectivity index (χ0) is 15.9. The lowest BCUT2D eigenvalue weighted by atomic mass is 10.1. The highest BCUT2D eigenvalue weighted by atomic mass is 35.5. The van der Waals surface area contributed by atoms with Gasteiger partial charge in [0.1, 0.15) is 5.56 Å². The summed E-state index contributed by atoms with van der Waals surface area (Å²) in [4.78, 5) is 12.3. The Bertz CT molecular complexity index is 623. The number of nitrogens with one attached hydrogen (secondary N) is 1. The first-order valence-corrected chi connectivity index (χ1v) is 7.59. The second kappa shape index (κ2) is 7.96. The standard InChI is InChI=1S/C16H19ClN2O3/c1-3-21-10-4-9-18-16(20)14-11(2)19-22-15(14)12-5-7-13(17)8-6-12/h5-8H,3-4,9-10H2,1-2H3,(H,18,20). The van der Waals surface area contributed by atoms with Crippen LogP contribution >= 0.6 is 11.6 Å². The number of ether oxygens (including phenoxy) is 1. The van der Waals surface area contributed by atoms with E-state index < -0.39 is 0 Å². The van der Waals surface area contributed by atoms with Gasteiger partial charge in [-0.05, 0) is 44.5 Å². The lowest BCUT2D eigenvalue weighted by molar-refractivity contribution is 0.0944. The molecule has 0 saturated carbocycles. The number of hydrogen-bond acceptors (Lipinski definition) is 4. The SMILES string of the molecule is CCOCCCNC(=O)c1c(C)noc1-c1ccc(Cl)cc1. The average molecular weight is 323 g/mol. The van der Waals surface area contributed by atoms with E-state index in [2.05, 4.69) is 10.5 Å². The average Bonchev–Trinajstić information content (AvgIpc) is 2.89. The van der Waals surface area contributed by atoms with Gasteiger partial charge in [-0.1, -0.05) is 16.8 Å². The molecule has 0 saturated heterocycles. The van der Waals surface area contributed by atoms with Gasteiger partial charge >= 0.3 is 0 Å². The molecule has 0 aliphatic rings. The van der Waals surface area contributed by atoms with Crippen LogP contribution in [0.2, 0.25) is 5.02 Å². The number of aromatic nitrogens is 1. The van der Waals surface area contributed by atoms with Crippen LogP contribution in [-0.2, 0) is 4.74 Å². The van der Waals surface area contributed by atoms with Crippen LogP contribution in [0.1, 0.15) is 29.4 Å². The second-order valence-electron chi connectivity index (χ2n) is 4.79. The number of benzene rings is 1. The minimum Gasteiger partial charge on any atom is -0.382 e. The molecule has 1 aromatic heterocycles. The smallest absolute Gasteiger partial charge is 0.257 e.